The molecule has 1 aromatic rings. The van der Waals surface area contributed by atoms with Crippen molar-refractivity contribution in [1.29, 1.82) is 0 Å². The van der Waals surface area contributed by atoms with E-state index < -0.39 is 0 Å². The number of amides is 1. The van der Waals surface area contributed by atoms with Gasteiger partial charge in [-0.3, -0.25) is 4.79 Å². The number of anilines is 1. The fourth-order valence-corrected chi connectivity index (χ4v) is 2.76. The molecular weight excluding hydrogens is 308 g/mol. The summed E-state index contributed by atoms with van der Waals surface area (Å²) >= 11 is 3.41. The molecule has 5 heteroatoms. The van der Waals surface area contributed by atoms with E-state index in [0.717, 1.165) is 41.8 Å². The zero-order valence-corrected chi connectivity index (χ0v) is 12.8. The van der Waals surface area contributed by atoms with Crippen LogP contribution in [0.15, 0.2) is 22.7 Å². The highest BCUT2D eigenvalue weighted by molar-refractivity contribution is 9.10. The third-order valence-corrected chi connectivity index (χ3v) is 3.97. The quantitative estimate of drug-likeness (QED) is 0.898. The molecule has 0 saturated carbocycles. The fraction of sp³-hybridized carbons (Fsp3) is 0.500. The fourth-order valence-electron chi connectivity index (χ4n) is 2.28. The molecule has 1 aromatic carbocycles. The molecule has 1 atom stereocenters. The molecule has 2 N–H and O–H groups in total. The highest BCUT2D eigenvalue weighted by Gasteiger charge is 2.34. The van der Waals surface area contributed by atoms with Crippen molar-refractivity contribution in [1.82, 2.24) is 5.32 Å². The molecule has 104 valence electrons. The highest BCUT2D eigenvalue weighted by atomic mass is 79.9. The van der Waals surface area contributed by atoms with E-state index in [4.69, 9.17) is 4.74 Å². The summed E-state index contributed by atoms with van der Waals surface area (Å²) in [6.45, 7) is 3.72. The van der Waals surface area contributed by atoms with Crippen molar-refractivity contribution in [3.05, 3.63) is 22.7 Å². The number of ether oxygens (including phenoxy) is 1. The summed E-state index contributed by atoms with van der Waals surface area (Å²) in [7, 11) is 1.61. The third kappa shape index (κ3) is 3.48. The average Bonchev–Trinajstić information content (AvgIpc) is 2.38. The number of hydrogen-bond donors (Lipinski definition) is 2. The lowest BCUT2D eigenvalue weighted by atomic mass is 9.82. The molecule has 1 fully saturated rings. The van der Waals surface area contributed by atoms with Crippen LogP contribution in [0.4, 0.5) is 5.69 Å². The number of methoxy groups -OCH3 is 1. The summed E-state index contributed by atoms with van der Waals surface area (Å²) in [5.41, 5.74) is 0.413. The third-order valence-electron chi connectivity index (χ3n) is 3.51. The van der Waals surface area contributed by atoms with E-state index >= 15 is 0 Å². The Balaban J connectivity index is 2.12. The van der Waals surface area contributed by atoms with Crippen LogP contribution in [0.3, 0.4) is 0 Å². The van der Waals surface area contributed by atoms with Gasteiger partial charge < -0.3 is 15.4 Å². The van der Waals surface area contributed by atoms with Gasteiger partial charge in [-0.05, 0) is 38.4 Å². The van der Waals surface area contributed by atoms with Gasteiger partial charge in [-0.1, -0.05) is 15.9 Å². The Morgan fingerprint density at radius 3 is 2.89 bits per heavy atom. The van der Waals surface area contributed by atoms with Crippen molar-refractivity contribution < 1.29 is 9.53 Å². The molecule has 0 spiro atoms. The first kappa shape index (κ1) is 14.3. The molecule has 1 unspecified atom stereocenters. The van der Waals surface area contributed by atoms with E-state index in [0.29, 0.717) is 0 Å². The second-order valence-electron chi connectivity index (χ2n) is 5.17. The molecule has 1 aliphatic rings. The normalized spacial score (nSPS) is 22.9. The Hall–Kier alpha value is -1.07. The molecule has 0 bridgehead atoms. The van der Waals surface area contributed by atoms with Gasteiger partial charge in [0, 0.05) is 22.8 Å². The largest absolute Gasteiger partial charge is 0.497 e. The van der Waals surface area contributed by atoms with Crippen molar-refractivity contribution in [2.24, 2.45) is 5.41 Å². The van der Waals surface area contributed by atoms with E-state index in [-0.39, 0.29) is 11.3 Å². The van der Waals surface area contributed by atoms with Crippen LogP contribution >= 0.6 is 15.9 Å². The first-order chi connectivity index (χ1) is 9.03. The minimum absolute atomic E-state index is 0.0554. The van der Waals surface area contributed by atoms with Crippen LogP contribution < -0.4 is 15.4 Å². The molecule has 2 rings (SSSR count). The molecule has 0 radical (unpaired) electrons. The Morgan fingerprint density at radius 1 is 1.47 bits per heavy atom. The van der Waals surface area contributed by atoms with Crippen molar-refractivity contribution in [2.45, 2.75) is 19.8 Å². The number of hydrogen-bond acceptors (Lipinski definition) is 3. The van der Waals surface area contributed by atoms with Crippen LogP contribution in [0.2, 0.25) is 0 Å². The van der Waals surface area contributed by atoms with Crippen molar-refractivity contribution in [2.75, 3.05) is 25.5 Å². The highest BCUT2D eigenvalue weighted by Crippen LogP contribution is 2.29. The maximum Gasteiger partial charge on any atom is 0.231 e. The number of benzene rings is 1. The van der Waals surface area contributed by atoms with E-state index in [1.54, 1.807) is 7.11 Å². The molecule has 0 aromatic heterocycles. The van der Waals surface area contributed by atoms with Gasteiger partial charge in [-0.25, -0.2) is 0 Å². The molecule has 1 amide bonds. The average molecular weight is 327 g/mol. The van der Waals surface area contributed by atoms with Crippen LogP contribution in [0.25, 0.3) is 0 Å². The van der Waals surface area contributed by atoms with Gasteiger partial charge in [0.1, 0.15) is 5.75 Å². The maximum absolute atomic E-state index is 12.4. The second-order valence-corrected chi connectivity index (χ2v) is 6.09. The molecule has 1 heterocycles. The van der Waals surface area contributed by atoms with E-state index in [2.05, 4.69) is 26.6 Å². The van der Waals surface area contributed by atoms with E-state index in [1.165, 1.54) is 0 Å². The predicted octanol–water partition coefficient (Wildman–Crippen LogP) is 2.79. The molecule has 0 aliphatic carbocycles. The van der Waals surface area contributed by atoms with Gasteiger partial charge in [0.25, 0.3) is 0 Å². The minimum Gasteiger partial charge on any atom is -0.497 e. The van der Waals surface area contributed by atoms with Gasteiger partial charge in [0.05, 0.1) is 12.5 Å². The summed E-state index contributed by atoms with van der Waals surface area (Å²) in [5.74, 6) is 0.774. The first-order valence-electron chi connectivity index (χ1n) is 6.40. The smallest absolute Gasteiger partial charge is 0.231 e. The lowest BCUT2D eigenvalue weighted by Gasteiger charge is -2.32. The predicted molar refractivity (Wildman–Crippen MR) is 79.5 cm³/mol. The molecule has 1 aliphatic heterocycles. The van der Waals surface area contributed by atoms with E-state index in [9.17, 15) is 4.79 Å². The Bertz CT molecular complexity index is 471. The molecule has 4 nitrogen and oxygen atoms in total. The van der Waals surface area contributed by atoms with Gasteiger partial charge in [0.15, 0.2) is 0 Å². The Labute approximate surface area is 122 Å². The lowest BCUT2D eigenvalue weighted by molar-refractivity contribution is -0.125. The van der Waals surface area contributed by atoms with Gasteiger partial charge in [0.2, 0.25) is 5.91 Å². The second kappa shape index (κ2) is 5.92. The summed E-state index contributed by atoms with van der Waals surface area (Å²) in [5, 5.41) is 6.26. The monoisotopic (exact) mass is 326 g/mol. The number of rotatable bonds is 3. The van der Waals surface area contributed by atoms with Gasteiger partial charge >= 0.3 is 0 Å². The van der Waals surface area contributed by atoms with E-state index in [1.807, 2.05) is 25.1 Å². The Kier molecular flexibility index (Phi) is 4.47. The zero-order chi connectivity index (χ0) is 13.9. The zero-order valence-electron chi connectivity index (χ0n) is 11.3. The molecule has 1 saturated heterocycles. The van der Waals surface area contributed by atoms with Gasteiger partial charge in [-0.2, -0.15) is 0 Å². The molecular formula is C14H19BrN2O2. The number of carbonyl (C=O) groups excluding carboxylic acids is 1. The summed E-state index contributed by atoms with van der Waals surface area (Å²) < 4.78 is 6.08. The Morgan fingerprint density at radius 2 is 2.26 bits per heavy atom. The SMILES string of the molecule is COc1cc(Br)cc(NC(=O)C2(C)CCCNC2)c1. The summed E-state index contributed by atoms with van der Waals surface area (Å²) in [6, 6.07) is 5.56. The lowest BCUT2D eigenvalue weighted by Crippen LogP contribution is -2.46. The number of nitrogens with one attached hydrogen (secondary N) is 2. The van der Waals surface area contributed by atoms with Crippen LogP contribution in [0.5, 0.6) is 5.75 Å². The molecule has 19 heavy (non-hydrogen) atoms. The van der Waals surface area contributed by atoms with Crippen LogP contribution in [-0.2, 0) is 4.79 Å². The van der Waals surface area contributed by atoms with Crippen molar-refractivity contribution in [3.63, 3.8) is 0 Å². The topological polar surface area (TPSA) is 50.4 Å². The van der Waals surface area contributed by atoms with Crippen LogP contribution in [0, 0.1) is 5.41 Å². The van der Waals surface area contributed by atoms with Crippen LogP contribution in [0.1, 0.15) is 19.8 Å². The standard InChI is InChI=1S/C14H19BrN2O2/c1-14(4-3-5-16-9-14)13(18)17-11-6-10(15)7-12(8-11)19-2/h6-8,16H,3-5,9H2,1-2H3,(H,17,18). The first-order valence-corrected chi connectivity index (χ1v) is 7.19. The summed E-state index contributed by atoms with van der Waals surface area (Å²) in [6.07, 6.45) is 1.95. The number of piperidine rings is 1. The van der Waals surface area contributed by atoms with Crippen LogP contribution in [-0.4, -0.2) is 26.1 Å². The van der Waals surface area contributed by atoms with Crippen molar-refractivity contribution >= 4 is 27.5 Å². The van der Waals surface area contributed by atoms with Crippen molar-refractivity contribution in [3.8, 4) is 5.75 Å². The van der Waals surface area contributed by atoms with Gasteiger partial charge in [-0.15, -0.1) is 0 Å². The maximum atomic E-state index is 12.4. The number of carbonyl (C=O) groups is 1. The number of halogens is 1. The minimum atomic E-state index is -0.339. The summed E-state index contributed by atoms with van der Waals surface area (Å²) in [4.78, 5) is 12.4.